The minimum absolute atomic E-state index is 0.187. The number of rotatable bonds is 3. The normalized spacial score (nSPS) is 10.1. The van der Waals surface area contributed by atoms with Gasteiger partial charge in [0, 0.05) is 10.2 Å². The van der Waals surface area contributed by atoms with Gasteiger partial charge in [-0.05, 0) is 36.8 Å². The molecule has 0 aliphatic carbocycles. The highest BCUT2D eigenvalue weighted by molar-refractivity contribution is 9.10. The topological polar surface area (TPSA) is 38.3 Å². The van der Waals surface area contributed by atoms with Crippen molar-refractivity contribution >= 4 is 27.5 Å². The number of benzene rings is 2. The van der Waals surface area contributed by atoms with Crippen molar-refractivity contribution in [1.29, 1.82) is 0 Å². The molecule has 0 aromatic heterocycles. The molecule has 1 N–H and O–H groups in total. The van der Waals surface area contributed by atoms with Crippen LogP contribution in [0.4, 0.5) is 5.69 Å². The van der Waals surface area contributed by atoms with Gasteiger partial charge >= 0.3 is 0 Å². The van der Waals surface area contributed by atoms with Crippen LogP contribution >= 0.6 is 15.9 Å². The van der Waals surface area contributed by atoms with Gasteiger partial charge in [-0.2, -0.15) is 0 Å². The van der Waals surface area contributed by atoms with Gasteiger partial charge < -0.3 is 10.1 Å². The third kappa shape index (κ3) is 3.15. The second-order valence-corrected chi connectivity index (χ2v) is 4.97. The van der Waals surface area contributed by atoms with E-state index in [0.717, 1.165) is 15.7 Å². The zero-order chi connectivity index (χ0) is 13.8. The number of halogens is 1. The van der Waals surface area contributed by atoms with E-state index in [0.29, 0.717) is 11.3 Å². The molecule has 0 radical (unpaired) electrons. The summed E-state index contributed by atoms with van der Waals surface area (Å²) in [5.74, 6) is 0.374. The summed E-state index contributed by atoms with van der Waals surface area (Å²) in [6.07, 6.45) is 0. The number of aryl methyl sites for hydroxylation is 1. The summed E-state index contributed by atoms with van der Waals surface area (Å²) >= 11 is 3.44. The summed E-state index contributed by atoms with van der Waals surface area (Å²) in [5, 5.41) is 2.85. The second-order valence-electron chi connectivity index (χ2n) is 4.12. The summed E-state index contributed by atoms with van der Waals surface area (Å²) in [6.45, 7) is 2.00. The van der Waals surface area contributed by atoms with Crippen LogP contribution in [0.1, 0.15) is 15.9 Å². The third-order valence-corrected chi connectivity index (χ3v) is 3.64. The molecule has 0 atom stereocenters. The van der Waals surface area contributed by atoms with Crippen molar-refractivity contribution < 1.29 is 9.53 Å². The first-order valence-corrected chi connectivity index (χ1v) is 6.61. The van der Waals surface area contributed by atoms with E-state index in [9.17, 15) is 4.79 Å². The van der Waals surface area contributed by atoms with E-state index in [1.165, 1.54) is 0 Å². The number of methoxy groups -OCH3 is 1. The molecule has 0 saturated carbocycles. The van der Waals surface area contributed by atoms with E-state index in [1.807, 2.05) is 37.3 Å². The largest absolute Gasteiger partial charge is 0.496 e. The first-order valence-electron chi connectivity index (χ1n) is 5.82. The van der Waals surface area contributed by atoms with Crippen LogP contribution in [0.2, 0.25) is 0 Å². The van der Waals surface area contributed by atoms with Crippen LogP contribution in [-0.4, -0.2) is 13.0 Å². The number of nitrogens with one attached hydrogen (secondary N) is 1. The van der Waals surface area contributed by atoms with Crippen LogP contribution in [0, 0.1) is 6.92 Å². The number of ether oxygens (including phenoxy) is 1. The molecule has 19 heavy (non-hydrogen) atoms. The monoisotopic (exact) mass is 319 g/mol. The zero-order valence-corrected chi connectivity index (χ0v) is 12.3. The first kappa shape index (κ1) is 13.6. The molecule has 2 rings (SSSR count). The standard InChI is InChI=1S/C15H14BrNO2/c1-10-7-8-11(9-13(10)16)17-15(18)12-5-3-4-6-14(12)19-2/h3-9H,1-2H3,(H,17,18). The Morgan fingerprint density at radius 2 is 1.95 bits per heavy atom. The quantitative estimate of drug-likeness (QED) is 0.928. The number of carbonyl (C=O) groups is 1. The van der Waals surface area contributed by atoms with Crippen molar-refractivity contribution in [2.24, 2.45) is 0 Å². The minimum atomic E-state index is -0.187. The van der Waals surface area contributed by atoms with E-state index < -0.39 is 0 Å². The van der Waals surface area contributed by atoms with Crippen LogP contribution < -0.4 is 10.1 Å². The fraction of sp³-hybridized carbons (Fsp3) is 0.133. The Balaban J connectivity index is 2.23. The molecule has 98 valence electrons. The molecule has 1 amide bonds. The Kier molecular flexibility index (Phi) is 4.22. The van der Waals surface area contributed by atoms with Crippen molar-refractivity contribution in [2.75, 3.05) is 12.4 Å². The van der Waals surface area contributed by atoms with Crippen LogP contribution in [-0.2, 0) is 0 Å². The van der Waals surface area contributed by atoms with Crippen LogP contribution in [0.25, 0.3) is 0 Å². The Hall–Kier alpha value is -1.81. The van der Waals surface area contributed by atoms with E-state index in [-0.39, 0.29) is 5.91 Å². The molecule has 2 aromatic rings. The fourth-order valence-electron chi connectivity index (χ4n) is 1.70. The van der Waals surface area contributed by atoms with Crippen LogP contribution in [0.15, 0.2) is 46.9 Å². The number of hydrogen-bond donors (Lipinski definition) is 1. The molecular weight excluding hydrogens is 306 g/mol. The Morgan fingerprint density at radius 3 is 2.63 bits per heavy atom. The van der Waals surface area contributed by atoms with Gasteiger partial charge in [-0.3, -0.25) is 4.79 Å². The maximum Gasteiger partial charge on any atom is 0.259 e. The van der Waals surface area contributed by atoms with E-state index in [4.69, 9.17) is 4.74 Å². The number of hydrogen-bond acceptors (Lipinski definition) is 2. The summed E-state index contributed by atoms with van der Waals surface area (Å²) in [6, 6.07) is 12.8. The van der Waals surface area contributed by atoms with Crippen molar-refractivity contribution in [3.8, 4) is 5.75 Å². The van der Waals surface area contributed by atoms with Gasteiger partial charge in [-0.25, -0.2) is 0 Å². The van der Waals surface area contributed by atoms with Gasteiger partial charge in [0.05, 0.1) is 12.7 Å². The van der Waals surface area contributed by atoms with Crippen LogP contribution in [0.5, 0.6) is 5.75 Å². The Labute approximate surface area is 120 Å². The summed E-state index contributed by atoms with van der Waals surface area (Å²) in [7, 11) is 1.55. The number of anilines is 1. The second kappa shape index (κ2) is 5.89. The van der Waals surface area contributed by atoms with E-state index in [2.05, 4.69) is 21.2 Å². The zero-order valence-electron chi connectivity index (χ0n) is 10.7. The highest BCUT2D eigenvalue weighted by atomic mass is 79.9. The predicted octanol–water partition coefficient (Wildman–Crippen LogP) is 4.02. The van der Waals surface area contributed by atoms with Crippen molar-refractivity contribution in [3.63, 3.8) is 0 Å². The highest BCUT2D eigenvalue weighted by Gasteiger charge is 2.11. The fourth-order valence-corrected chi connectivity index (χ4v) is 2.08. The Morgan fingerprint density at radius 1 is 1.21 bits per heavy atom. The lowest BCUT2D eigenvalue weighted by Crippen LogP contribution is -2.13. The maximum absolute atomic E-state index is 12.2. The highest BCUT2D eigenvalue weighted by Crippen LogP contribution is 2.23. The molecule has 0 saturated heterocycles. The summed E-state index contributed by atoms with van der Waals surface area (Å²) < 4.78 is 6.14. The van der Waals surface area contributed by atoms with Crippen LogP contribution in [0.3, 0.4) is 0 Å². The lowest BCUT2D eigenvalue weighted by Gasteiger charge is -2.10. The number of carbonyl (C=O) groups excluding carboxylic acids is 1. The van der Waals surface area contributed by atoms with Crippen molar-refractivity contribution in [2.45, 2.75) is 6.92 Å². The molecule has 4 heteroatoms. The lowest BCUT2D eigenvalue weighted by atomic mass is 10.1. The smallest absolute Gasteiger partial charge is 0.259 e. The molecule has 0 spiro atoms. The van der Waals surface area contributed by atoms with Gasteiger partial charge in [-0.15, -0.1) is 0 Å². The lowest BCUT2D eigenvalue weighted by molar-refractivity contribution is 0.102. The molecule has 3 nitrogen and oxygen atoms in total. The van der Waals surface area contributed by atoms with Crippen molar-refractivity contribution in [1.82, 2.24) is 0 Å². The number of amides is 1. The van der Waals surface area contributed by atoms with Gasteiger partial charge in [0.25, 0.3) is 5.91 Å². The molecule has 0 aliphatic rings. The molecule has 0 heterocycles. The molecule has 0 bridgehead atoms. The summed E-state index contributed by atoms with van der Waals surface area (Å²) in [4.78, 5) is 12.2. The summed E-state index contributed by atoms with van der Waals surface area (Å²) in [5.41, 5.74) is 2.38. The molecule has 2 aromatic carbocycles. The SMILES string of the molecule is COc1ccccc1C(=O)Nc1ccc(C)c(Br)c1. The van der Waals surface area contributed by atoms with E-state index in [1.54, 1.807) is 19.2 Å². The molecule has 0 fully saturated rings. The Bertz CT molecular complexity index is 611. The van der Waals surface area contributed by atoms with Gasteiger partial charge in [0.15, 0.2) is 0 Å². The molecule has 0 unspecified atom stereocenters. The first-order chi connectivity index (χ1) is 9.11. The molecular formula is C15H14BrNO2. The van der Waals surface area contributed by atoms with Gasteiger partial charge in [0.2, 0.25) is 0 Å². The maximum atomic E-state index is 12.2. The van der Waals surface area contributed by atoms with Gasteiger partial charge in [-0.1, -0.05) is 34.1 Å². The third-order valence-electron chi connectivity index (χ3n) is 2.78. The minimum Gasteiger partial charge on any atom is -0.496 e. The number of para-hydroxylation sites is 1. The average molecular weight is 320 g/mol. The average Bonchev–Trinajstić information content (AvgIpc) is 2.43. The molecule has 0 aliphatic heterocycles. The predicted molar refractivity (Wildman–Crippen MR) is 79.8 cm³/mol. The van der Waals surface area contributed by atoms with E-state index >= 15 is 0 Å². The van der Waals surface area contributed by atoms with Crippen molar-refractivity contribution in [3.05, 3.63) is 58.1 Å². The van der Waals surface area contributed by atoms with Gasteiger partial charge in [0.1, 0.15) is 5.75 Å².